The van der Waals surface area contributed by atoms with Crippen LogP contribution in [0, 0.1) is 17.5 Å². The Labute approximate surface area is 153 Å². The molecule has 3 N–H and O–H groups in total. The number of aromatic nitrogens is 3. The summed E-state index contributed by atoms with van der Waals surface area (Å²) >= 11 is 0. The second kappa shape index (κ2) is 8.45. The van der Waals surface area contributed by atoms with Gasteiger partial charge in [-0.25, -0.2) is 18.2 Å². The summed E-state index contributed by atoms with van der Waals surface area (Å²) in [5, 5.41) is 14.3. The molecule has 3 aromatic rings. The van der Waals surface area contributed by atoms with Gasteiger partial charge in [0.25, 0.3) is 0 Å². The van der Waals surface area contributed by atoms with Crippen molar-refractivity contribution in [2.45, 2.75) is 6.42 Å². The lowest BCUT2D eigenvalue weighted by Gasteiger charge is -2.12. The molecule has 3 rings (SSSR count). The van der Waals surface area contributed by atoms with Gasteiger partial charge < -0.3 is 15.7 Å². The van der Waals surface area contributed by atoms with Gasteiger partial charge in [-0.1, -0.05) is 6.07 Å². The minimum Gasteiger partial charge on any atom is -0.396 e. The van der Waals surface area contributed by atoms with Crippen molar-refractivity contribution in [3.63, 3.8) is 0 Å². The molecule has 0 aliphatic carbocycles. The van der Waals surface area contributed by atoms with Crippen LogP contribution in [0.25, 0.3) is 11.4 Å². The zero-order valence-electron chi connectivity index (χ0n) is 14.1. The van der Waals surface area contributed by atoms with Gasteiger partial charge in [-0.2, -0.15) is 4.98 Å². The molecule has 2 heterocycles. The van der Waals surface area contributed by atoms with Crippen LogP contribution >= 0.6 is 0 Å². The molecule has 0 aliphatic rings. The van der Waals surface area contributed by atoms with Gasteiger partial charge in [0.2, 0.25) is 5.95 Å². The van der Waals surface area contributed by atoms with Crippen LogP contribution in [0.2, 0.25) is 0 Å². The monoisotopic (exact) mass is 375 g/mol. The first kappa shape index (κ1) is 18.6. The molecule has 0 saturated carbocycles. The van der Waals surface area contributed by atoms with E-state index < -0.39 is 23.1 Å². The van der Waals surface area contributed by atoms with Gasteiger partial charge in [-0.3, -0.25) is 4.98 Å². The summed E-state index contributed by atoms with van der Waals surface area (Å²) in [6.07, 6.45) is 2.06. The highest BCUT2D eigenvalue weighted by molar-refractivity contribution is 5.65. The molecule has 0 bridgehead atoms. The van der Waals surface area contributed by atoms with E-state index in [4.69, 9.17) is 5.11 Å². The van der Waals surface area contributed by atoms with Crippen molar-refractivity contribution in [3.8, 4) is 11.4 Å². The predicted molar refractivity (Wildman–Crippen MR) is 95.1 cm³/mol. The number of nitrogens with one attached hydrogen (secondary N) is 2. The minimum absolute atomic E-state index is 0.00988. The molecule has 0 radical (unpaired) electrons. The number of nitrogens with zero attached hydrogens (tertiary/aromatic N) is 3. The number of anilines is 3. The van der Waals surface area contributed by atoms with Gasteiger partial charge >= 0.3 is 0 Å². The third kappa shape index (κ3) is 4.70. The van der Waals surface area contributed by atoms with E-state index in [-0.39, 0.29) is 18.4 Å². The Bertz CT molecular complexity index is 901. The molecule has 0 unspecified atom stereocenters. The van der Waals surface area contributed by atoms with E-state index >= 15 is 0 Å². The number of benzene rings is 1. The van der Waals surface area contributed by atoms with E-state index in [1.54, 1.807) is 24.4 Å². The van der Waals surface area contributed by atoms with Crippen molar-refractivity contribution in [2.24, 2.45) is 0 Å². The standard InChI is InChI=1S/C18H16F3N5O/c19-11-8-12(20)17(13(21)9-11)25-16-10-15(14-4-1-2-5-22-14)24-18(26-16)23-6-3-7-27/h1-2,4-5,8-10,27H,3,6-7H2,(H2,23,24,25,26). The highest BCUT2D eigenvalue weighted by Gasteiger charge is 2.14. The quantitative estimate of drug-likeness (QED) is 0.549. The molecule has 0 spiro atoms. The van der Waals surface area contributed by atoms with Crippen LogP contribution in [0.15, 0.2) is 42.6 Å². The molecule has 27 heavy (non-hydrogen) atoms. The Morgan fingerprint density at radius 1 is 0.963 bits per heavy atom. The number of halogens is 3. The van der Waals surface area contributed by atoms with Crippen LogP contribution in [0.4, 0.5) is 30.6 Å². The fourth-order valence-corrected chi connectivity index (χ4v) is 2.30. The topological polar surface area (TPSA) is 83.0 Å². The zero-order chi connectivity index (χ0) is 19.2. The lowest BCUT2D eigenvalue weighted by atomic mass is 10.2. The highest BCUT2D eigenvalue weighted by Crippen LogP contribution is 2.26. The number of aliphatic hydroxyl groups excluding tert-OH is 1. The Hall–Kier alpha value is -3.20. The first-order valence-electron chi connectivity index (χ1n) is 8.13. The van der Waals surface area contributed by atoms with Crippen molar-refractivity contribution < 1.29 is 18.3 Å². The SMILES string of the molecule is OCCCNc1nc(Nc2c(F)cc(F)cc2F)cc(-c2ccccn2)n1. The third-order valence-corrected chi connectivity index (χ3v) is 3.53. The second-order valence-electron chi connectivity index (χ2n) is 5.55. The van der Waals surface area contributed by atoms with Crippen molar-refractivity contribution in [1.82, 2.24) is 15.0 Å². The van der Waals surface area contributed by atoms with Gasteiger partial charge in [0.15, 0.2) is 11.6 Å². The van der Waals surface area contributed by atoms with E-state index in [9.17, 15) is 13.2 Å². The lowest BCUT2D eigenvalue weighted by molar-refractivity contribution is 0.292. The summed E-state index contributed by atoms with van der Waals surface area (Å²) in [7, 11) is 0. The molecule has 140 valence electrons. The molecule has 6 nitrogen and oxygen atoms in total. The summed E-state index contributed by atoms with van der Waals surface area (Å²) in [6.45, 7) is 0.394. The van der Waals surface area contributed by atoms with Gasteiger partial charge in [0.1, 0.15) is 17.3 Å². The Morgan fingerprint density at radius 2 is 1.74 bits per heavy atom. The predicted octanol–water partition coefficient (Wildman–Crippen LogP) is 3.49. The maximum absolute atomic E-state index is 13.9. The average molecular weight is 375 g/mol. The number of hydrogen-bond donors (Lipinski definition) is 3. The maximum Gasteiger partial charge on any atom is 0.225 e. The van der Waals surface area contributed by atoms with Crippen molar-refractivity contribution in [1.29, 1.82) is 0 Å². The van der Waals surface area contributed by atoms with Gasteiger partial charge in [0.05, 0.1) is 11.4 Å². The normalized spacial score (nSPS) is 10.7. The maximum atomic E-state index is 13.9. The molecule has 0 fully saturated rings. The number of hydrogen-bond acceptors (Lipinski definition) is 6. The first-order chi connectivity index (χ1) is 13.1. The highest BCUT2D eigenvalue weighted by atomic mass is 19.1. The summed E-state index contributed by atoms with van der Waals surface area (Å²) < 4.78 is 41.0. The summed E-state index contributed by atoms with van der Waals surface area (Å²) in [4.78, 5) is 12.7. The van der Waals surface area contributed by atoms with E-state index in [0.29, 0.717) is 36.5 Å². The minimum atomic E-state index is -1.08. The Kier molecular flexibility index (Phi) is 5.82. The molecule has 1 aromatic carbocycles. The number of aliphatic hydroxyl groups is 1. The number of rotatable bonds is 7. The average Bonchev–Trinajstić information content (AvgIpc) is 2.65. The van der Waals surface area contributed by atoms with Crippen molar-refractivity contribution >= 4 is 17.5 Å². The summed E-state index contributed by atoms with van der Waals surface area (Å²) in [5.74, 6) is -2.89. The molecule has 0 atom stereocenters. The van der Waals surface area contributed by atoms with Crippen LogP contribution in [0.5, 0.6) is 0 Å². The van der Waals surface area contributed by atoms with Crippen molar-refractivity contribution in [3.05, 3.63) is 60.0 Å². The fourth-order valence-electron chi connectivity index (χ4n) is 2.30. The molecular weight excluding hydrogens is 359 g/mol. The van der Waals surface area contributed by atoms with E-state index in [2.05, 4.69) is 25.6 Å². The van der Waals surface area contributed by atoms with Gasteiger partial charge in [-0.05, 0) is 18.6 Å². The smallest absolute Gasteiger partial charge is 0.225 e. The van der Waals surface area contributed by atoms with Gasteiger partial charge in [-0.15, -0.1) is 0 Å². The fraction of sp³-hybridized carbons (Fsp3) is 0.167. The number of pyridine rings is 1. The molecule has 0 aliphatic heterocycles. The van der Waals surface area contributed by atoms with E-state index in [1.165, 1.54) is 6.07 Å². The molecule has 9 heteroatoms. The molecular formula is C18H16F3N5O. The van der Waals surface area contributed by atoms with Crippen LogP contribution in [0.3, 0.4) is 0 Å². The summed E-state index contributed by atoms with van der Waals surface area (Å²) in [5.41, 5.74) is 0.430. The van der Waals surface area contributed by atoms with E-state index in [1.807, 2.05) is 0 Å². The first-order valence-corrected chi connectivity index (χ1v) is 8.13. The van der Waals surface area contributed by atoms with Gasteiger partial charge in [0, 0.05) is 37.5 Å². The largest absolute Gasteiger partial charge is 0.396 e. The Balaban J connectivity index is 1.97. The Morgan fingerprint density at radius 3 is 2.41 bits per heavy atom. The molecule has 0 amide bonds. The molecule has 0 saturated heterocycles. The lowest BCUT2D eigenvalue weighted by Crippen LogP contribution is -2.09. The molecule has 2 aromatic heterocycles. The van der Waals surface area contributed by atoms with Crippen LogP contribution in [-0.4, -0.2) is 33.2 Å². The third-order valence-electron chi connectivity index (χ3n) is 3.53. The van der Waals surface area contributed by atoms with Crippen LogP contribution in [0.1, 0.15) is 6.42 Å². The summed E-state index contributed by atoms with van der Waals surface area (Å²) in [6, 6.07) is 7.87. The van der Waals surface area contributed by atoms with E-state index in [0.717, 1.165) is 0 Å². The van der Waals surface area contributed by atoms with Crippen molar-refractivity contribution in [2.75, 3.05) is 23.8 Å². The zero-order valence-corrected chi connectivity index (χ0v) is 14.1. The second-order valence-corrected chi connectivity index (χ2v) is 5.55. The van der Waals surface area contributed by atoms with Crippen LogP contribution < -0.4 is 10.6 Å². The van der Waals surface area contributed by atoms with Crippen LogP contribution in [-0.2, 0) is 0 Å².